The van der Waals surface area contributed by atoms with Gasteiger partial charge in [-0.15, -0.1) is 5.10 Å². The van der Waals surface area contributed by atoms with Crippen LogP contribution >= 0.6 is 0 Å². The van der Waals surface area contributed by atoms with Crippen LogP contribution in [0, 0.1) is 11.3 Å². The van der Waals surface area contributed by atoms with Gasteiger partial charge in [0.25, 0.3) is 0 Å². The third-order valence-corrected chi connectivity index (χ3v) is 2.76. The van der Waals surface area contributed by atoms with Gasteiger partial charge in [0.2, 0.25) is 0 Å². The molecule has 0 aromatic carbocycles. The molecule has 0 aliphatic carbocycles. The highest BCUT2D eigenvalue weighted by atomic mass is 15.4. The maximum absolute atomic E-state index is 9.18. The second-order valence-electron chi connectivity index (χ2n) is 3.83. The van der Waals surface area contributed by atoms with E-state index in [4.69, 9.17) is 5.73 Å². The Morgan fingerprint density at radius 3 is 2.67 bits per heavy atom. The summed E-state index contributed by atoms with van der Waals surface area (Å²) >= 11 is 0. The first kappa shape index (κ1) is 11.9. The van der Waals surface area contributed by atoms with Gasteiger partial charge >= 0.3 is 0 Å². The molecule has 0 amide bonds. The predicted molar refractivity (Wildman–Crippen MR) is 69.4 cm³/mol. The maximum atomic E-state index is 9.18. The van der Waals surface area contributed by atoms with Crippen molar-refractivity contribution < 1.29 is 0 Å². The van der Waals surface area contributed by atoms with Crippen molar-refractivity contribution in [3.63, 3.8) is 0 Å². The molecule has 0 aliphatic heterocycles. The molecule has 18 heavy (non-hydrogen) atoms. The van der Waals surface area contributed by atoms with Crippen LogP contribution in [0.2, 0.25) is 0 Å². The molecule has 6 nitrogen and oxygen atoms in total. The largest absolute Gasteiger partial charge is 0.382 e. The number of nitrogens with two attached hydrogens (primary N) is 1. The molecule has 2 aromatic heterocycles. The van der Waals surface area contributed by atoms with Crippen molar-refractivity contribution in [1.82, 2.24) is 14.8 Å². The highest BCUT2D eigenvalue weighted by Crippen LogP contribution is 2.25. The first-order chi connectivity index (χ1) is 8.69. The average molecular weight is 242 g/mol. The van der Waals surface area contributed by atoms with Crippen LogP contribution < -0.4 is 10.6 Å². The Hall–Kier alpha value is -2.55. The van der Waals surface area contributed by atoms with Gasteiger partial charge in [0.15, 0.2) is 5.82 Å². The SMILES string of the molecule is CCN(C)c1nn(-c2ccncc2)c(N)c1C#N. The van der Waals surface area contributed by atoms with Gasteiger partial charge in [0.05, 0.1) is 5.69 Å². The number of aromatic nitrogens is 3. The average Bonchev–Trinajstić information content (AvgIpc) is 2.75. The first-order valence-electron chi connectivity index (χ1n) is 5.59. The summed E-state index contributed by atoms with van der Waals surface area (Å²) in [5.41, 5.74) is 7.16. The van der Waals surface area contributed by atoms with E-state index >= 15 is 0 Å². The number of nitriles is 1. The molecule has 6 heteroatoms. The van der Waals surface area contributed by atoms with E-state index in [1.54, 1.807) is 29.2 Å². The molecule has 0 aliphatic rings. The number of hydrogen-bond acceptors (Lipinski definition) is 5. The predicted octanol–water partition coefficient (Wildman–Crippen LogP) is 1.18. The van der Waals surface area contributed by atoms with Crippen molar-refractivity contribution in [1.29, 1.82) is 5.26 Å². The Morgan fingerprint density at radius 1 is 1.44 bits per heavy atom. The van der Waals surface area contributed by atoms with E-state index in [1.807, 2.05) is 18.9 Å². The van der Waals surface area contributed by atoms with Crippen LogP contribution in [0.4, 0.5) is 11.6 Å². The van der Waals surface area contributed by atoms with Crippen LogP contribution in [0.3, 0.4) is 0 Å². The minimum Gasteiger partial charge on any atom is -0.382 e. The first-order valence-corrected chi connectivity index (χ1v) is 5.59. The lowest BCUT2D eigenvalue weighted by Gasteiger charge is -2.12. The highest BCUT2D eigenvalue weighted by molar-refractivity contribution is 5.66. The molecule has 92 valence electrons. The molecular weight excluding hydrogens is 228 g/mol. The monoisotopic (exact) mass is 242 g/mol. The maximum Gasteiger partial charge on any atom is 0.171 e. The topological polar surface area (TPSA) is 83.8 Å². The van der Waals surface area contributed by atoms with E-state index in [0.29, 0.717) is 17.2 Å². The Kier molecular flexibility index (Phi) is 3.15. The molecule has 2 N–H and O–H groups in total. The van der Waals surface area contributed by atoms with E-state index in [2.05, 4.69) is 16.2 Å². The Labute approximate surface area is 105 Å². The molecule has 2 heterocycles. The van der Waals surface area contributed by atoms with Crippen molar-refractivity contribution >= 4 is 11.6 Å². The quantitative estimate of drug-likeness (QED) is 0.873. The summed E-state index contributed by atoms with van der Waals surface area (Å²) in [6.45, 7) is 2.74. The fourth-order valence-electron chi connectivity index (χ4n) is 1.63. The molecule has 2 rings (SSSR count). The lowest BCUT2D eigenvalue weighted by molar-refractivity contribution is 0.850. The van der Waals surface area contributed by atoms with Gasteiger partial charge in [-0.2, -0.15) is 5.26 Å². The zero-order chi connectivity index (χ0) is 13.1. The van der Waals surface area contributed by atoms with Gasteiger partial charge in [-0.3, -0.25) is 4.98 Å². The van der Waals surface area contributed by atoms with Crippen molar-refractivity contribution in [3.8, 4) is 11.8 Å². The van der Waals surface area contributed by atoms with Crippen LogP contribution in [0.15, 0.2) is 24.5 Å². The van der Waals surface area contributed by atoms with Gasteiger partial charge in [-0.05, 0) is 19.1 Å². The van der Waals surface area contributed by atoms with Gasteiger partial charge in [-0.1, -0.05) is 0 Å². The van der Waals surface area contributed by atoms with E-state index in [0.717, 1.165) is 12.2 Å². The summed E-state index contributed by atoms with van der Waals surface area (Å²) < 4.78 is 1.56. The molecular formula is C12H14N6. The fourth-order valence-corrected chi connectivity index (χ4v) is 1.63. The molecule has 0 fully saturated rings. The van der Waals surface area contributed by atoms with Crippen LogP contribution in [0.5, 0.6) is 0 Å². The molecule has 2 aromatic rings. The summed E-state index contributed by atoms with van der Waals surface area (Å²) in [7, 11) is 1.87. The Morgan fingerprint density at radius 2 is 2.11 bits per heavy atom. The lowest BCUT2D eigenvalue weighted by Crippen LogP contribution is -2.17. The van der Waals surface area contributed by atoms with E-state index in [-0.39, 0.29) is 0 Å². The minimum atomic E-state index is 0.346. The Bertz CT molecular complexity index is 581. The standard InChI is InChI=1S/C12H14N6/c1-3-17(2)12-10(8-13)11(14)18(16-12)9-4-6-15-7-5-9/h4-7H,3,14H2,1-2H3. The molecule has 0 radical (unpaired) electrons. The van der Waals surface area contributed by atoms with Crippen molar-refractivity contribution in [3.05, 3.63) is 30.1 Å². The van der Waals surface area contributed by atoms with Gasteiger partial charge in [0.1, 0.15) is 17.5 Å². The number of pyridine rings is 1. The zero-order valence-corrected chi connectivity index (χ0v) is 10.3. The number of hydrogen-bond donors (Lipinski definition) is 1. The summed E-state index contributed by atoms with van der Waals surface area (Å²) in [4.78, 5) is 5.83. The summed E-state index contributed by atoms with van der Waals surface area (Å²) in [6, 6.07) is 5.69. The third-order valence-electron chi connectivity index (χ3n) is 2.76. The molecule has 0 unspecified atom stereocenters. The second kappa shape index (κ2) is 4.75. The smallest absolute Gasteiger partial charge is 0.171 e. The normalized spacial score (nSPS) is 10.1. The van der Waals surface area contributed by atoms with Crippen LogP contribution in [-0.4, -0.2) is 28.4 Å². The van der Waals surface area contributed by atoms with Crippen molar-refractivity contribution in [2.24, 2.45) is 0 Å². The molecule has 0 saturated carbocycles. The number of rotatable bonds is 3. The number of nitrogen functional groups attached to an aromatic ring is 1. The molecule has 0 atom stereocenters. The van der Waals surface area contributed by atoms with Crippen LogP contribution in [0.25, 0.3) is 5.69 Å². The lowest BCUT2D eigenvalue weighted by atomic mass is 10.3. The number of anilines is 2. The highest BCUT2D eigenvalue weighted by Gasteiger charge is 2.18. The van der Waals surface area contributed by atoms with Crippen molar-refractivity contribution in [2.75, 3.05) is 24.2 Å². The molecule has 0 spiro atoms. The minimum absolute atomic E-state index is 0.346. The van der Waals surface area contributed by atoms with Crippen LogP contribution in [-0.2, 0) is 0 Å². The summed E-state index contributed by atoms with van der Waals surface area (Å²) in [5, 5.41) is 13.6. The van der Waals surface area contributed by atoms with E-state index < -0.39 is 0 Å². The van der Waals surface area contributed by atoms with Crippen LogP contribution in [0.1, 0.15) is 12.5 Å². The summed E-state index contributed by atoms with van der Waals surface area (Å²) in [5.74, 6) is 0.938. The third kappa shape index (κ3) is 1.86. The fraction of sp³-hybridized carbons (Fsp3) is 0.250. The molecule has 0 bridgehead atoms. The van der Waals surface area contributed by atoms with Gasteiger partial charge in [0, 0.05) is 26.0 Å². The van der Waals surface area contributed by atoms with Gasteiger partial charge < -0.3 is 10.6 Å². The second-order valence-corrected chi connectivity index (χ2v) is 3.83. The number of nitrogens with zero attached hydrogens (tertiary/aromatic N) is 5. The summed E-state index contributed by atoms with van der Waals surface area (Å²) in [6.07, 6.45) is 3.32. The van der Waals surface area contributed by atoms with Gasteiger partial charge in [-0.25, -0.2) is 4.68 Å². The van der Waals surface area contributed by atoms with E-state index in [1.165, 1.54) is 0 Å². The van der Waals surface area contributed by atoms with Crippen molar-refractivity contribution in [2.45, 2.75) is 6.92 Å². The molecule has 0 saturated heterocycles. The van der Waals surface area contributed by atoms with E-state index in [9.17, 15) is 5.26 Å². The zero-order valence-electron chi connectivity index (χ0n) is 10.3. The Balaban J connectivity index is 2.58.